The van der Waals surface area contributed by atoms with Crippen molar-refractivity contribution in [1.29, 1.82) is 0 Å². The van der Waals surface area contributed by atoms with Crippen LogP contribution in [0.1, 0.15) is 29.7 Å². The molecule has 3 N–H and O–H groups in total. The van der Waals surface area contributed by atoms with E-state index in [1.54, 1.807) is 7.11 Å². The Kier molecular flexibility index (Phi) is 3.03. The summed E-state index contributed by atoms with van der Waals surface area (Å²) in [6.45, 7) is 2.08. The molecule has 1 aromatic heterocycles. The number of hydrogen-bond acceptors (Lipinski definition) is 4. The van der Waals surface area contributed by atoms with Gasteiger partial charge in [0.1, 0.15) is 11.3 Å². The van der Waals surface area contributed by atoms with Gasteiger partial charge >= 0.3 is 0 Å². The second-order valence-electron chi connectivity index (χ2n) is 5.07. The van der Waals surface area contributed by atoms with Crippen molar-refractivity contribution in [1.82, 2.24) is 4.98 Å². The Morgan fingerprint density at radius 1 is 1.26 bits per heavy atom. The van der Waals surface area contributed by atoms with Gasteiger partial charge in [0.25, 0.3) is 0 Å². The molecule has 4 nitrogen and oxygen atoms in total. The number of aromatic nitrogens is 1. The lowest BCUT2D eigenvalue weighted by molar-refractivity contribution is 0.418. The lowest BCUT2D eigenvalue weighted by Crippen LogP contribution is -2.15. The zero-order valence-electron chi connectivity index (χ0n) is 11.4. The molecule has 0 unspecified atom stereocenters. The number of hydrazine groups is 1. The van der Waals surface area contributed by atoms with Gasteiger partial charge in [0.2, 0.25) is 0 Å². The lowest BCUT2D eigenvalue weighted by Gasteiger charge is -2.22. The summed E-state index contributed by atoms with van der Waals surface area (Å²) >= 11 is 0. The zero-order chi connectivity index (χ0) is 13.4. The van der Waals surface area contributed by atoms with Crippen LogP contribution in [0.15, 0.2) is 12.1 Å². The first-order chi connectivity index (χ1) is 9.26. The van der Waals surface area contributed by atoms with Gasteiger partial charge in [0.05, 0.1) is 12.8 Å². The number of ether oxygens (including phenoxy) is 1. The van der Waals surface area contributed by atoms with Crippen molar-refractivity contribution in [3.63, 3.8) is 0 Å². The minimum atomic E-state index is 0.811. The fourth-order valence-corrected chi connectivity index (χ4v) is 2.99. The molecular weight excluding hydrogens is 238 g/mol. The highest BCUT2D eigenvalue weighted by atomic mass is 16.5. The van der Waals surface area contributed by atoms with Gasteiger partial charge in [0.15, 0.2) is 0 Å². The van der Waals surface area contributed by atoms with E-state index in [4.69, 9.17) is 15.6 Å². The number of nitrogens with one attached hydrogen (secondary N) is 1. The highest BCUT2D eigenvalue weighted by molar-refractivity contribution is 5.99. The van der Waals surface area contributed by atoms with E-state index in [2.05, 4.69) is 18.4 Å². The predicted molar refractivity (Wildman–Crippen MR) is 77.5 cm³/mol. The second kappa shape index (κ2) is 4.70. The Morgan fingerprint density at radius 3 is 2.79 bits per heavy atom. The van der Waals surface area contributed by atoms with Crippen LogP contribution in [-0.4, -0.2) is 12.1 Å². The van der Waals surface area contributed by atoms with E-state index in [1.807, 2.05) is 6.07 Å². The van der Waals surface area contributed by atoms with Crippen LogP contribution in [0.5, 0.6) is 5.75 Å². The van der Waals surface area contributed by atoms with E-state index < -0.39 is 0 Å². The SMILES string of the molecule is COc1ccc(C)c2c(NN)c3c(nc12)CCCC3. The average molecular weight is 257 g/mol. The monoisotopic (exact) mass is 257 g/mol. The van der Waals surface area contributed by atoms with Gasteiger partial charge in [-0.25, -0.2) is 4.98 Å². The van der Waals surface area contributed by atoms with Gasteiger partial charge in [-0.15, -0.1) is 0 Å². The van der Waals surface area contributed by atoms with Crippen molar-refractivity contribution in [3.8, 4) is 5.75 Å². The van der Waals surface area contributed by atoms with E-state index in [-0.39, 0.29) is 0 Å². The van der Waals surface area contributed by atoms with Crippen LogP contribution >= 0.6 is 0 Å². The summed E-state index contributed by atoms with van der Waals surface area (Å²) in [5.41, 5.74) is 8.44. The summed E-state index contributed by atoms with van der Waals surface area (Å²) in [6, 6.07) is 4.03. The van der Waals surface area contributed by atoms with E-state index in [0.717, 1.165) is 40.9 Å². The number of methoxy groups -OCH3 is 1. The van der Waals surface area contributed by atoms with Crippen LogP contribution in [0.25, 0.3) is 10.9 Å². The van der Waals surface area contributed by atoms with Crippen LogP contribution < -0.4 is 16.0 Å². The third-order valence-corrected chi connectivity index (χ3v) is 3.95. The number of nitrogens with two attached hydrogens (primary N) is 1. The first kappa shape index (κ1) is 12.2. The molecule has 2 aromatic rings. The molecular formula is C15H19N3O. The van der Waals surface area contributed by atoms with Crippen molar-refractivity contribution >= 4 is 16.6 Å². The fourth-order valence-electron chi connectivity index (χ4n) is 2.99. The van der Waals surface area contributed by atoms with Gasteiger partial charge in [-0.3, -0.25) is 5.84 Å². The Morgan fingerprint density at radius 2 is 2.05 bits per heavy atom. The molecule has 1 heterocycles. The molecule has 100 valence electrons. The summed E-state index contributed by atoms with van der Waals surface area (Å²) in [5, 5.41) is 1.09. The van der Waals surface area contributed by atoms with E-state index in [1.165, 1.54) is 24.0 Å². The molecule has 0 atom stereocenters. The Labute approximate surface area is 112 Å². The number of fused-ring (bicyclic) bond motifs is 2. The number of nitrogens with zero attached hydrogens (tertiary/aromatic N) is 1. The van der Waals surface area contributed by atoms with E-state index in [9.17, 15) is 0 Å². The quantitative estimate of drug-likeness (QED) is 0.641. The molecule has 0 spiro atoms. The smallest absolute Gasteiger partial charge is 0.145 e. The lowest BCUT2D eigenvalue weighted by atomic mass is 9.91. The van der Waals surface area contributed by atoms with Gasteiger partial charge in [-0.1, -0.05) is 6.07 Å². The molecule has 1 aliphatic carbocycles. The van der Waals surface area contributed by atoms with Gasteiger partial charge in [-0.05, 0) is 49.8 Å². The third kappa shape index (κ3) is 1.83. The van der Waals surface area contributed by atoms with Crippen molar-refractivity contribution < 1.29 is 4.74 Å². The maximum atomic E-state index is 5.78. The van der Waals surface area contributed by atoms with Crippen molar-refractivity contribution in [2.75, 3.05) is 12.5 Å². The van der Waals surface area contributed by atoms with Crippen LogP contribution in [0, 0.1) is 6.92 Å². The molecule has 1 aromatic carbocycles. The summed E-state index contributed by atoms with van der Waals surface area (Å²) in [6.07, 6.45) is 4.48. The van der Waals surface area contributed by atoms with Crippen LogP contribution in [0.2, 0.25) is 0 Å². The standard InChI is InChI=1S/C15H19N3O/c1-9-7-8-12(19-2)15-13(9)14(18-16)10-5-3-4-6-11(10)17-15/h7-8H,3-6,16H2,1-2H3,(H,17,18). The molecule has 19 heavy (non-hydrogen) atoms. The summed E-state index contributed by atoms with van der Waals surface area (Å²) in [5.74, 6) is 6.59. The minimum absolute atomic E-state index is 0.811. The van der Waals surface area contributed by atoms with Gasteiger partial charge < -0.3 is 10.2 Å². The molecule has 0 saturated heterocycles. The van der Waals surface area contributed by atoms with E-state index >= 15 is 0 Å². The maximum absolute atomic E-state index is 5.78. The molecule has 0 fully saturated rings. The number of aryl methyl sites for hydroxylation is 2. The Balaban J connectivity index is 2.42. The average Bonchev–Trinajstić information content (AvgIpc) is 2.45. The number of nitrogen functional groups attached to an aromatic ring is 1. The minimum Gasteiger partial charge on any atom is -0.494 e. The topological polar surface area (TPSA) is 60.2 Å². The fraction of sp³-hybridized carbons (Fsp3) is 0.400. The molecule has 0 radical (unpaired) electrons. The first-order valence-corrected chi connectivity index (χ1v) is 6.72. The Hall–Kier alpha value is -1.81. The number of rotatable bonds is 2. The number of hydrogen-bond donors (Lipinski definition) is 2. The van der Waals surface area contributed by atoms with Gasteiger partial charge in [-0.2, -0.15) is 0 Å². The van der Waals surface area contributed by atoms with Crippen molar-refractivity contribution in [2.45, 2.75) is 32.6 Å². The molecule has 4 heteroatoms. The molecule has 0 bridgehead atoms. The number of anilines is 1. The molecule has 0 amide bonds. The van der Waals surface area contributed by atoms with Crippen LogP contribution in [-0.2, 0) is 12.8 Å². The van der Waals surface area contributed by atoms with Crippen LogP contribution in [0.3, 0.4) is 0 Å². The highest BCUT2D eigenvalue weighted by Crippen LogP contribution is 2.37. The van der Waals surface area contributed by atoms with Crippen molar-refractivity contribution in [3.05, 3.63) is 29.0 Å². The predicted octanol–water partition coefficient (Wildman–Crippen LogP) is 2.72. The summed E-state index contributed by atoms with van der Waals surface area (Å²) in [4.78, 5) is 4.84. The largest absolute Gasteiger partial charge is 0.494 e. The van der Waals surface area contributed by atoms with E-state index in [0.29, 0.717) is 0 Å². The Bertz CT molecular complexity index is 637. The summed E-state index contributed by atoms with van der Waals surface area (Å²) in [7, 11) is 1.68. The molecule has 0 saturated carbocycles. The van der Waals surface area contributed by atoms with Crippen LogP contribution in [0.4, 0.5) is 5.69 Å². The maximum Gasteiger partial charge on any atom is 0.145 e. The summed E-state index contributed by atoms with van der Waals surface area (Å²) < 4.78 is 5.44. The normalized spacial score (nSPS) is 14.3. The van der Waals surface area contributed by atoms with Crippen molar-refractivity contribution in [2.24, 2.45) is 5.84 Å². The zero-order valence-corrected chi connectivity index (χ0v) is 11.4. The second-order valence-corrected chi connectivity index (χ2v) is 5.07. The molecule has 1 aliphatic rings. The molecule has 0 aliphatic heterocycles. The number of pyridine rings is 1. The third-order valence-electron chi connectivity index (χ3n) is 3.95. The van der Waals surface area contributed by atoms with Gasteiger partial charge in [0, 0.05) is 11.1 Å². The highest BCUT2D eigenvalue weighted by Gasteiger charge is 2.20. The first-order valence-electron chi connectivity index (χ1n) is 6.72. The number of benzene rings is 1. The molecule has 3 rings (SSSR count).